The molecule has 0 radical (unpaired) electrons. The zero-order valence-corrected chi connectivity index (χ0v) is 16.4. The molecule has 1 N–H and O–H groups in total. The van der Waals surface area contributed by atoms with Crippen LogP contribution in [0.3, 0.4) is 0 Å². The van der Waals surface area contributed by atoms with E-state index in [9.17, 15) is 9.59 Å². The Balaban J connectivity index is 1.93. The summed E-state index contributed by atoms with van der Waals surface area (Å²) in [6.45, 7) is 9.04. The van der Waals surface area contributed by atoms with Gasteiger partial charge in [0.2, 0.25) is 0 Å². The molecular weight excluding hydrogens is 336 g/mol. The van der Waals surface area contributed by atoms with Gasteiger partial charge in [-0.3, -0.25) is 4.79 Å². The van der Waals surface area contributed by atoms with Crippen molar-refractivity contribution in [3.8, 4) is 0 Å². The summed E-state index contributed by atoms with van der Waals surface area (Å²) in [7, 11) is 0. The highest BCUT2D eigenvalue weighted by atomic mass is 16.4. The molecule has 0 amide bonds. The Labute approximate surface area is 160 Å². The molecule has 0 unspecified atom stereocenters. The molecule has 0 bridgehead atoms. The second-order valence-corrected chi connectivity index (χ2v) is 8.65. The van der Waals surface area contributed by atoms with Gasteiger partial charge in [0.05, 0.1) is 0 Å². The first-order chi connectivity index (χ1) is 12.6. The minimum absolute atomic E-state index is 0.00857. The molecule has 0 saturated heterocycles. The van der Waals surface area contributed by atoms with Gasteiger partial charge in [-0.2, -0.15) is 0 Å². The predicted octanol–water partition coefficient (Wildman–Crippen LogP) is 5.36. The van der Waals surface area contributed by atoms with Crippen LogP contribution in [0.5, 0.6) is 0 Å². The third kappa shape index (κ3) is 3.87. The molecule has 140 valence electrons. The number of aliphatic carboxylic acids is 1. The Kier molecular flexibility index (Phi) is 4.81. The number of carboxylic acid groups (broad SMARTS) is 1. The average molecular weight is 362 g/mol. The smallest absolute Gasteiger partial charge is 0.328 e. The number of ketones is 1. The molecule has 3 nitrogen and oxygen atoms in total. The molecule has 0 aromatic heterocycles. The SMILES string of the molecule is CC1(C)CCC(C)(C)c2cc(C(=O)c3ccc(/C=C\C(=O)O)cc3)ccc21. The molecular formula is C24H26O3. The van der Waals surface area contributed by atoms with Crippen molar-refractivity contribution in [2.24, 2.45) is 0 Å². The second kappa shape index (κ2) is 6.80. The second-order valence-electron chi connectivity index (χ2n) is 8.65. The predicted molar refractivity (Wildman–Crippen MR) is 108 cm³/mol. The molecule has 3 heteroatoms. The van der Waals surface area contributed by atoms with E-state index >= 15 is 0 Å². The van der Waals surface area contributed by atoms with Gasteiger partial charge < -0.3 is 5.11 Å². The summed E-state index contributed by atoms with van der Waals surface area (Å²) in [5.74, 6) is -1.000. The number of hydrogen-bond acceptors (Lipinski definition) is 2. The van der Waals surface area contributed by atoms with Crippen molar-refractivity contribution in [2.75, 3.05) is 0 Å². The lowest BCUT2D eigenvalue weighted by Crippen LogP contribution is -2.34. The summed E-state index contributed by atoms with van der Waals surface area (Å²) >= 11 is 0. The molecule has 0 fully saturated rings. The number of hydrogen-bond donors (Lipinski definition) is 1. The molecule has 0 aliphatic heterocycles. The Morgan fingerprint density at radius 1 is 0.852 bits per heavy atom. The molecule has 0 spiro atoms. The van der Waals surface area contributed by atoms with Crippen LogP contribution >= 0.6 is 0 Å². The maximum Gasteiger partial charge on any atom is 0.328 e. The van der Waals surface area contributed by atoms with Gasteiger partial charge in [-0.05, 0) is 52.5 Å². The fourth-order valence-electron chi connectivity index (χ4n) is 3.81. The van der Waals surface area contributed by atoms with Crippen molar-refractivity contribution in [3.05, 3.63) is 76.4 Å². The molecule has 2 aromatic rings. The van der Waals surface area contributed by atoms with Crippen molar-refractivity contribution in [3.63, 3.8) is 0 Å². The number of carbonyl (C=O) groups excluding carboxylic acids is 1. The van der Waals surface area contributed by atoms with Gasteiger partial charge >= 0.3 is 5.97 Å². The van der Waals surface area contributed by atoms with Crippen molar-refractivity contribution in [1.29, 1.82) is 0 Å². The van der Waals surface area contributed by atoms with Gasteiger partial charge in [0, 0.05) is 17.2 Å². The van der Waals surface area contributed by atoms with E-state index in [4.69, 9.17) is 5.11 Å². The first kappa shape index (κ1) is 19.1. The van der Waals surface area contributed by atoms with Crippen LogP contribution in [0.1, 0.15) is 73.1 Å². The standard InChI is InChI=1S/C24H26O3/c1-23(2)13-14-24(3,4)20-15-18(10-11-19(20)23)22(27)17-8-5-16(6-9-17)7-12-21(25)26/h5-12,15H,13-14H2,1-4H3,(H,25,26)/b12-7-. The quantitative estimate of drug-likeness (QED) is 0.588. The van der Waals surface area contributed by atoms with Crippen LogP contribution in [0.25, 0.3) is 6.08 Å². The van der Waals surface area contributed by atoms with Gasteiger partial charge in [-0.25, -0.2) is 4.79 Å². The highest BCUT2D eigenvalue weighted by molar-refractivity contribution is 6.09. The lowest BCUT2D eigenvalue weighted by molar-refractivity contribution is -0.131. The van der Waals surface area contributed by atoms with Crippen LogP contribution < -0.4 is 0 Å². The maximum atomic E-state index is 13.0. The molecule has 1 aliphatic carbocycles. The Morgan fingerprint density at radius 2 is 1.41 bits per heavy atom. The lowest BCUT2D eigenvalue weighted by Gasteiger charge is -2.42. The highest BCUT2D eigenvalue weighted by Crippen LogP contribution is 2.46. The van der Waals surface area contributed by atoms with E-state index in [-0.39, 0.29) is 16.6 Å². The van der Waals surface area contributed by atoms with Gasteiger partial charge in [-0.1, -0.05) is 64.1 Å². The topological polar surface area (TPSA) is 54.4 Å². The van der Waals surface area contributed by atoms with E-state index in [1.54, 1.807) is 24.3 Å². The van der Waals surface area contributed by atoms with E-state index in [2.05, 4.69) is 39.8 Å². The molecule has 2 aromatic carbocycles. The molecule has 1 aliphatic rings. The maximum absolute atomic E-state index is 13.0. The third-order valence-corrected chi connectivity index (χ3v) is 5.71. The van der Waals surface area contributed by atoms with Crippen molar-refractivity contribution >= 4 is 17.8 Å². The molecule has 3 rings (SSSR count). The fourth-order valence-corrected chi connectivity index (χ4v) is 3.81. The lowest BCUT2D eigenvalue weighted by atomic mass is 9.63. The van der Waals surface area contributed by atoms with E-state index in [0.717, 1.165) is 24.5 Å². The van der Waals surface area contributed by atoms with Crippen LogP contribution in [-0.2, 0) is 15.6 Å². The van der Waals surface area contributed by atoms with Crippen LogP contribution in [0, 0.1) is 0 Å². The fraction of sp³-hybridized carbons (Fsp3) is 0.333. The average Bonchev–Trinajstić information content (AvgIpc) is 2.63. The van der Waals surface area contributed by atoms with Crippen LogP contribution in [-0.4, -0.2) is 16.9 Å². The number of benzene rings is 2. The van der Waals surface area contributed by atoms with Crippen molar-refractivity contribution in [2.45, 2.75) is 51.4 Å². The number of rotatable bonds is 4. The first-order valence-electron chi connectivity index (χ1n) is 9.31. The Morgan fingerprint density at radius 3 is 2.00 bits per heavy atom. The number of carboxylic acids is 1. The van der Waals surface area contributed by atoms with Gasteiger partial charge in [0.15, 0.2) is 5.78 Å². The summed E-state index contributed by atoms with van der Waals surface area (Å²) in [6.07, 6.45) is 4.85. The third-order valence-electron chi connectivity index (χ3n) is 5.71. The number of carbonyl (C=O) groups is 2. The molecule has 0 heterocycles. The molecule has 0 atom stereocenters. The molecule has 27 heavy (non-hydrogen) atoms. The van der Waals surface area contributed by atoms with E-state index in [1.807, 2.05) is 6.07 Å². The van der Waals surface area contributed by atoms with Crippen molar-refractivity contribution < 1.29 is 14.7 Å². The minimum Gasteiger partial charge on any atom is -0.478 e. The zero-order valence-electron chi connectivity index (χ0n) is 16.4. The van der Waals surface area contributed by atoms with Gasteiger partial charge in [-0.15, -0.1) is 0 Å². The monoisotopic (exact) mass is 362 g/mol. The summed E-state index contributed by atoms with van der Waals surface area (Å²) in [4.78, 5) is 23.6. The Hall–Kier alpha value is -2.68. The van der Waals surface area contributed by atoms with Crippen LogP contribution in [0.2, 0.25) is 0 Å². The normalized spacial score (nSPS) is 17.5. The first-order valence-corrected chi connectivity index (χ1v) is 9.31. The van der Waals surface area contributed by atoms with Gasteiger partial charge in [0.1, 0.15) is 0 Å². The van der Waals surface area contributed by atoms with E-state index in [0.29, 0.717) is 11.1 Å². The van der Waals surface area contributed by atoms with Crippen molar-refractivity contribution in [1.82, 2.24) is 0 Å². The Bertz CT molecular complexity index is 915. The van der Waals surface area contributed by atoms with E-state index in [1.165, 1.54) is 17.2 Å². The largest absolute Gasteiger partial charge is 0.478 e. The van der Waals surface area contributed by atoms with Gasteiger partial charge in [0.25, 0.3) is 0 Å². The highest BCUT2D eigenvalue weighted by Gasteiger charge is 2.37. The number of fused-ring (bicyclic) bond motifs is 1. The summed E-state index contributed by atoms with van der Waals surface area (Å²) in [5, 5.41) is 8.70. The van der Waals surface area contributed by atoms with Crippen LogP contribution in [0.15, 0.2) is 48.5 Å². The van der Waals surface area contributed by atoms with E-state index < -0.39 is 5.97 Å². The summed E-state index contributed by atoms with van der Waals surface area (Å²) < 4.78 is 0. The zero-order chi connectivity index (χ0) is 19.8. The molecule has 0 saturated carbocycles. The summed E-state index contributed by atoms with van der Waals surface area (Å²) in [6, 6.07) is 13.1. The van der Waals surface area contributed by atoms with Crippen LogP contribution in [0.4, 0.5) is 0 Å². The minimum atomic E-state index is -0.991. The summed E-state index contributed by atoms with van der Waals surface area (Å²) in [5.41, 5.74) is 4.86.